The lowest BCUT2D eigenvalue weighted by molar-refractivity contribution is -0.136. The van der Waals surface area contributed by atoms with Crippen LogP contribution in [0.25, 0.3) is 0 Å². The van der Waals surface area contributed by atoms with Gasteiger partial charge in [-0.05, 0) is 25.0 Å². The number of carboxylic acids is 1. The van der Waals surface area contributed by atoms with Gasteiger partial charge < -0.3 is 10.0 Å². The summed E-state index contributed by atoms with van der Waals surface area (Å²) in [6, 6.07) is 3.93. The lowest BCUT2D eigenvalue weighted by Crippen LogP contribution is -2.28. The molecule has 1 aromatic rings. The lowest BCUT2D eigenvalue weighted by Gasteiger charge is -2.24. The van der Waals surface area contributed by atoms with Crippen LogP contribution in [0.1, 0.15) is 51.0 Å². The van der Waals surface area contributed by atoms with Gasteiger partial charge in [0.25, 0.3) is 0 Å². The number of carboxylic acid groups (broad SMARTS) is 1. The average Bonchev–Trinajstić information content (AvgIpc) is 2.43. The molecular formula is C16H26N2O2. The fraction of sp³-hybridized carbons (Fsp3) is 0.625. The molecule has 0 unspecified atom stereocenters. The molecule has 0 saturated heterocycles. The molecule has 0 amide bonds. The number of aromatic nitrogens is 1. The van der Waals surface area contributed by atoms with Crippen LogP contribution < -0.4 is 4.90 Å². The topological polar surface area (TPSA) is 53.4 Å². The van der Waals surface area contributed by atoms with E-state index in [9.17, 15) is 4.79 Å². The molecule has 0 bridgehead atoms. The molecule has 1 aromatic heterocycles. The van der Waals surface area contributed by atoms with Crippen LogP contribution in [0.15, 0.2) is 18.3 Å². The van der Waals surface area contributed by atoms with E-state index < -0.39 is 5.97 Å². The molecule has 1 N–H and O–H groups in total. The molecule has 0 aliphatic heterocycles. The molecule has 4 nitrogen and oxygen atoms in total. The lowest BCUT2D eigenvalue weighted by atomic mass is 10.1. The summed E-state index contributed by atoms with van der Waals surface area (Å²) in [6.07, 6.45) is 7.99. The highest BCUT2D eigenvalue weighted by atomic mass is 16.4. The van der Waals surface area contributed by atoms with Gasteiger partial charge in [-0.3, -0.25) is 4.79 Å². The number of hydrogen-bond donors (Lipinski definition) is 1. The molecule has 20 heavy (non-hydrogen) atoms. The molecule has 0 saturated carbocycles. The van der Waals surface area contributed by atoms with E-state index in [-0.39, 0.29) is 6.42 Å². The van der Waals surface area contributed by atoms with Crippen LogP contribution in [0.4, 0.5) is 5.82 Å². The van der Waals surface area contributed by atoms with Crippen molar-refractivity contribution in [3.8, 4) is 0 Å². The van der Waals surface area contributed by atoms with E-state index >= 15 is 0 Å². The fourth-order valence-corrected chi connectivity index (χ4v) is 2.27. The normalized spacial score (nSPS) is 10.5. The first-order valence-corrected chi connectivity index (χ1v) is 7.53. The highest BCUT2D eigenvalue weighted by Gasteiger charge is 2.11. The molecule has 0 atom stereocenters. The second kappa shape index (κ2) is 9.34. The van der Waals surface area contributed by atoms with Crippen LogP contribution in [0.3, 0.4) is 0 Å². The zero-order valence-corrected chi connectivity index (χ0v) is 12.6. The third kappa shape index (κ3) is 6.04. The summed E-state index contributed by atoms with van der Waals surface area (Å²) in [5.41, 5.74) is 1.10. The summed E-state index contributed by atoms with van der Waals surface area (Å²) in [5.74, 6) is 0.166. The number of carbonyl (C=O) groups is 1. The van der Waals surface area contributed by atoms with Crippen molar-refractivity contribution in [2.45, 2.75) is 52.4 Å². The van der Waals surface area contributed by atoms with E-state index in [0.717, 1.165) is 24.3 Å². The summed E-state index contributed by atoms with van der Waals surface area (Å²) >= 11 is 0. The average molecular weight is 278 g/mol. The maximum atomic E-state index is 10.8. The molecule has 0 aliphatic carbocycles. The fourth-order valence-electron chi connectivity index (χ4n) is 2.27. The van der Waals surface area contributed by atoms with Crippen LogP contribution in [0.2, 0.25) is 0 Å². The van der Waals surface area contributed by atoms with Crippen molar-refractivity contribution in [1.82, 2.24) is 4.98 Å². The maximum Gasteiger partial charge on any atom is 0.305 e. The monoisotopic (exact) mass is 278 g/mol. The van der Waals surface area contributed by atoms with E-state index in [1.165, 1.54) is 25.7 Å². The summed E-state index contributed by atoms with van der Waals surface area (Å²) in [5, 5.41) is 8.87. The minimum absolute atomic E-state index is 0.158. The van der Waals surface area contributed by atoms with Gasteiger partial charge in [-0.1, -0.05) is 38.7 Å². The van der Waals surface area contributed by atoms with Gasteiger partial charge in [0.05, 0.1) is 6.42 Å². The number of rotatable bonds is 10. The first-order valence-electron chi connectivity index (χ1n) is 7.53. The predicted molar refractivity (Wildman–Crippen MR) is 82.2 cm³/mol. The Morgan fingerprint density at radius 1 is 1.25 bits per heavy atom. The van der Waals surface area contributed by atoms with E-state index in [2.05, 4.69) is 16.8 Å². The Kier molecular flexibility index (Phi) is 7.70. The summed E-state index contributed by atoms with van der Waals surface area (Å²) in [7, 11) is 0. The van der Waals surface area contributed by atoms with Gasteiger partial charge in [0, 0.05) is 19.3 Å². The van der Waals surface area contributed by atoms with Gasteiger partial charge in [-0.2, -0.15) is 0 Å². The van der Waals surface area contributed by atoms with Crippen molar-refractivity contribution in [3.05, 3.63) is 23.9 Å². The molecule has 0 radical (unpaired) electrons. The largest absolute Gasteiger partial charge is 0.481 e. The maximum absolute atomic E-state index is 10.8. The van der Waals surface area contributed by atoms with Gasteiger partial charge in [-0.25, -0.2) is 4.98 Å². The Morgan fingerprint density at radius 2 is 2.00 bits per heavy atom. The summed E-state index contributed by atoms with van der Waals surface area (Å²) in [6.45, 7) is 5.64. The minimum Gasteiger partial charge on any atom is -0.481 e. The Labute approximate surface area is 121 Å². The van der Waals surface area contributed by atoms with E-state index in [1.807, 2.05) is 19.1 Å². The number of unbranched alkanes of at least 4 members (excludes halogenated alkanes) is 4. The number of hydrogen-bond acceptors (Lipinski definition) is 3. The van der Waals surface area contributed by atoms with Crippen molar-refractivity contribution in [1.29, 1.82) is 0 Å². The van der Waals surface area contributed by atoms with Crippen LogP contribution >= 0.6 is 0 Å². The Bertz CT molecular complexity index is 407. The van der Waals surface area contributed by atoms with Crippen molar-refractivity contribution < 1.29 is 9.90 Å². The first kappa shape index (κ1) is 16.5. The second-order valence-corrected chi connectivity index (χ2v) is 5.19. The number of aliphatic carboxylic acids is 1. The van der Waals surface area contributed by atoms with E-state index in [1.54, 1.807) is 6.20 Å². The molecule has 0 aliphatic rings. The number of pyridine rings is 1. The molecule has 1 heterocycles. The summed E-state index contributed by atoms with van der Waals surface area (Å²) < 4.78 is 0. The third-order valence-corrected chi connectivity index (χ3v) is 3.41. The minimum atomic E-state index is -0.755. The van der Waals surface area contributed by atoms with Crippen molar-refractivity contribution in [2.75, 3.05) is 18.0 Å². The number of anilines is 1. The zero-order chi connectivity index (χ0) is 14.8. The molecule has 112 valence electrons. The van der Waals surface area contributed by atoms with Crippen LogP contribution in [0, 0.1) is 6.92 Å². The number of aryl methyl sites for hydroxylation is 1. The Hall–Kier alpha value is -1.58. The quantitative estimate of drug-likeness (QED) is 0.664. The summed E-state index contributed by atoms with van der Waals surface area (Å²) in [4.78, 5) is 17.3. The molecule has 4 heteroatoms. The second-order valence-electron chi connectivity index (χ2n) is 5.19. The molecular weight excluding hydrogens is 252 g/mol. The number of nitrogens with zero attached hydrogens (tertiary/aromatic N) is 2. The zero-order valence-electron chi connectivity index (χ0n) is 12.6. The van der Waals surface area contributed by atoms with E-state index in [0.29, 0.717) is 6.54 Å². The SMILES string of the molecule is CCCCCCCN(CCC(=O)O)c1ncccc1C. The highest BCUT2D eigenvalue weighted by Crippen LogP contribution is 2.17. The molecule has 0 spiro atoms. The predicted octanol–water partition coefficient (Wildman–Crippen LogP) is 3.64. The van der Waals surface area contributed by atoms with Gasteiger partial charge in [0.2, 0.25) is 0 Å². The first-order chi connectivity index (χ1) is 9.65. The molecule has 0 aromatic carbocycles. The smallest absolute Gasteiger partial charge is 0.305 e. The molecule has 1 rings (SSSR count). The van der Waals surface area contributed by atoms with Crippen LogP contribution in [0.5, 0.6) is 0 Å². The van der Waals surface area contributed by atoms with Crippen molar-refractivity contribution >= 4 is 11.8 Å². The van der Waals surface area contributed by atoms with Crippen LogP contribution in [-0.2, 0) is 4.79 Å². The Morgan fingerprint density at radius 3 is 2.65 bits per heavy atom. The highest BCUT2D eigenvalue weighted by molar-refractivity contribution is 5.67. The standard InChI is InChI=1S/C16H26N2O2/c1-3-4-5-6-7-12-18(13-10-15(19)20)16-14(2)9-8-11-17-16/h8-9,11H,3-7,10,12-13H2,1-2H3,(H,19,20). The van der Waals surface area contributed by atoms with E-state index in [4.69, 9.17) is 5.11 Å². The van der Waals surface area contributed by atoms with Crippen molar-refractivity contribution in [3.63, 3.8) is 0 Å². The van der Waals surface area contributed by atoms with Crippen LogP contribution in [-0.4, -0.2) is 29.1 Å². The van der Waals surface area contributed by atoms with Gasteiger partial charge >= 0.3 is 5.97 Å². The van der Waals surface area contributed by atoms with Gasteiger partial charge in [0.1, 0.15) is 5.82 Å². The Balaban J connectivity index is 2.56. The van der Waals surface area contributed by atoms with Gasteiger partial charge in [-0.15, -0.1) is 0 Å². The third-order valence-electron chi connectivity index (χ3n) is 3.41. The van der Waals surface area contributed by atoms with Crippen molar-refractivity contribution in [2.24, 2.45) is 0 Å². The molecule has 0 fully saturated rings. The van der Waals surface area contributed by atoms with Gasteiger partial charge in [0.15, 0.2) is 0 Å².